The van der Waals surface area contributed by atoms with Gasteiger partial charge in [-0.05, 0) is 31.2 Å². The molecule has 0 radical (unpaired) electrons. The summed E-state index contributed by atoms with van der Waals surface area (Å²) in [7, 11) is -7.22. The fourth-order valence-electron chi connectivity index (χ4n) is 2.28. The van der Waals surface area contributed by atoms with Crippen LogP contribution in [0, 0.1) is 6.92 Å². The second-order valence-corrected chi connectivity index (χ2v) is 9.49. The van der Waals surface area contributed by atoms with Crippen molar-refractivity contribution in [3.05, 3.63) is 60.2 Å². The summed E-state index contributed by atoms with van der Waals surface area (Å²) in [5.74, 6) is -0.254. The zero-order chi connectivity index (χ0) is 17.8. The van der Waals surface area contributed by atoms with Gasteiger partial charge in [0, 0.05) is 13.1 Å². The van der Waals surface area contributed by atoms with Crippen molar-refractivity contribution in [1.29, 1.82) is 0 Å². The first kappa shape index (κ1) is 18.6. The summed E-state index contributed by atoms with van der Waals surface area (Å²) in [5, 5.41) is 0. The molecule has 0 bridgehead atoms. The molecule has 0 atom stereocenters. The Labute approximate surface area is 143 Å². The van der Waals surface area contributed by atoms with E-state index >= 15 is 0 Å². The van der Waals surface area contributed by atoms with Crippen molar-refractivity contribution in [1.82, 2.24) is 4.31 Å². The minimum absolute atomic E-state index is 0.0794. The predicted octanol–water partition coefficient (Wildman–Crippen LogP) is 2.48. The molecule has 0 aliphatic heterocycles. The van der Waals surface area contributed by atoms with Gasteiger partial charge < -0.3 is 0 Å². The van der Waals surface area contributed by atoms with E-state index in [4.69, 9.17) is 0 Å². The Morgan fingerprint density at radius 1 is 0.833 bits per heavy atom. The molecule has 24 heavy (non-hydrogen) atoms. The number of hydrogen-bond acceptors (Lipinski definition) is 4. The Hall–Kier alpha value is -1.70. The van der Waals surface area contributed by atoms with Crippen molar-refractivity contribution in [3.63, 3.8) is 0 Å². The van der Waals surface area contributed by atoms with Gasteiger partial charge in [-0.1, -0.05) is 42.8 Å². The Morgan fingerprint density at radius 2 is 1.42 bits per heavy atom. The third-order valence-electron chi connectivity index (χ3n) is 3.72. The largest absolute Gasteiger partial charge is 0.243 e. The highest BCUT2D eigenvalue weighted by Crippen LogP contribution is 2.17. The average molecular weight is 367 g/mol. The number of nitrogens with zero attached hydrogens (tertiary/aromatic N) is 1. The number of aryl methyl sites for hydroxylation is 1. The standard InChI is InChI=1S/C17H21NO4S2/c1-3-18(24(21,22)17-7-5-4-6-8-17)13-14-23(19,20)16-11-9-15(2)10-12-16/h4-12H,3,13-14H2,1-2H3. The Kier molecular flexibility index (Phi) is 5.79. The Balaban J connectivity index is 2.18. The maximum absolute atomic E-state index is 12.6. The summed E-state index contributed by atoms with van der Waals surface area (Å²) in [4.78, 5) is 0.376. The Morgan fingerprint density at radius 3 is 1.96 bits per heavy atom. The lowest BCUT2D eigenvalue weighted by Crippen LogP contribution is -2.35. The van der Waals surface area contributed by atoms with Crippen LogP contribution in [0.25, 0.3) is 0 Å². The fourth-order valence-corrected chi connectivity index (χ4v) is 5.11. The normalized spacial score (nSPS) is 12.5. The summed E-state index contributed by atoms with van der Waals surface area (Å²) >= 11 is 0. The van der Waals surface area contributed by atoms with Crippen LogP contribution in [0.1, 0.15) is 12.5 Å². The van der Waals surface area contributed by atoms with Gasteiger partial charge in [-0.15, -0.1) is 0 Å². The highest BCUT2D eigenvalue weighted by Gasteiger charge is 2.25. The van der Waals surface area contributed by atoms with E-state index in [1.807, 2.05) is 6.92 Å². The van der Waals surface area contributed by atoms with E-state index in [0.29, 0.717) is 0 Å². The van der Waals surface area contributed by atoms with Crippen LogP contribution in [-0.2, 0) is 19.9 Å². The first-order valence-electron chi connectivity index (χ1n) is 7.62. The van der Waals surface area contributed by atoms with Gasteiger partial charge in [0.15, 0.2) is 9.84 Å². The molecule has 2 aromatic carbocycles. The molecule has 0 saturated heterocycles. The minimum Gasteiger partial charge on any atom is -0.224 e. The molecule has 0 aromatic heterocycles. The van der Waals surface area contributed by atoms with Crippen molar-refractivity contribution in [2.45, 2.75) is 23.6 Å². The van der Waals surface area contributed by atoms with Crippen molar-refractivity contribution >= 4 is 19.9 Å². The molecule has 7 heteroatoms. The van der Waals surface area contributed by atoms with Gasteiger partial charge >= 0.3 is 0 Å². The van der Waals surface area contributed by atoms with Crippen LogP contribution in [0.5, 0.6) is 0 Å². The zero-order valence-corrected chi connectivity index (χ0v) is 15.3. The van der Waals surface area contributed by atoms with Crippen LogP contribution in [0.4, 0.5) is 0 Å². The third-order valence-corrected chi connectivity index (χ3v) is 7.42. The minimum atomic E-state index is -3.69. The number of rotatable bonds is 7. The maximum atomic E-state index is 12.6. The van der Waals surface area contributed by atoms with Gasteiger partial charge in [0.1, 0.15) is 0 Å². The van der Waals surface area contributed by atoms with E-state index in [-0.39, 0.29) is 28.6 Å². The van der Waals surface area contributed by atoms with Crippen molar-refractivity contribution in [2.75, 3.05) is 18.8 Å². The van der Waals surface area contributed by atoms with E-state index in [1.54, 1.807) is 49.4 Å². The number of benzene rings is 2. The predicted molar refractivity (Wildman–Crippen MR) is 94.1 cm³/mol. The van der Waals surface area contributed by atoms with Crippen LogP contribution < -0.4 is 0 Å². The number of sulfone groups is 1. The lowest BCUT2D eigenvalue weighted by Gasteiger charge is -2.20. The second-order valence-electron chi connectivity index (χ2n) is 5.44. The van der Waals surface area contributed by atoms with E-state index in [2.05, 4.69) is 0 Å². The average Bonchev–Trinajstić information content (AvgIpc) is 2.56. The molecule has 2 rings (SSSR count). The first-order valence-corrected chi connectivity index (χ1v) is 10.7. The smallest absolute Gasteiger partial charge is 0.224 e. The van der Waals surface area contributed by atoms with Gasteiger partial charge in [0.05, 0.1) is 15.5 Å². The summed E-state index contributed by atoms with van der Waals surface area (Å²) in [5.41, 5.74) is 0.968. The van der Waals surface area contributed by atoms with E-state index in [1.165, 1.54) is 16.4 Å². The number of sulfonamides is 1. The van der Waals surface area contributed by atoms with Crippen molar-refractivity contribution in [3.8, 4) is 0 Å². The topological polar surface area (TPSA) is 71.5 Å². The van der Waals surface area contributed by atoms with Crippen molar-refractivity contribution in [2.24, 2.45) is 0 Å². The summed E-state index contributed by atoms with van der Waals surface area (Å²) in [6.45, 7) is 3.70. The third kappa shape index (κ3) is 4.23. The van der Waals surface area contributed by atoms with Crippen molar-refractivity contribution < 1.29 is 16.8 Å². The molecule has 2 aromatic rings. The van der Waals surface area contributed by atoms with Crippen LogP contribution in [0.2, 0.25) is 0 Å². The number of hydrogen-bond donors (Lipinski definition) is 0. The van der Waals surface area contributed by atoms with Crippen LogP contribution in [0.3, 0.4) is 0 Å². The molecule has 0 aliphatic carbocycles. The molecule has 0 unspecified atom stereocenters. The molecular weight excluding hydrogens is 346 g/mol. The summed E-state index contributed by atoms with van der Waals surface area (Å²) in [6.07, 6.45) is 0. The maximum Gasteiger partial charge on any atom is 0.243 e. The molecule has 5 nitrogen and oxygen atoms in total. The second kappa shape index (κ2) is 7.46. The van der Waals surface area contributed by atoms with Gasteiger partial charge in [0.25, 0.3) is 0 Å². The molecule has 0 amide bonds. The van der Waals surface area contributed by atoms with Gasteiger partial charge in [-0.2, -0.15) is 4.31 Å². The van der Waals surface area contributed by atoms with E-state index in [0.717, 1.165) is 5.56 Å². The molecule has 0 fully saturated rings. The van der Waals surface area contributed by atoms with Crippen LogP contribution >= 0.6 is 0 Å². The molecule has 0 saturated carbocycles. The molecule has 0 N–H and O–H groups in total. The highest BCUT2D eigenvalue weighted by molar-refractivity contribution is 7.91. The Bertz CT molecular complexity index is 874. The first-order chi connectivity index (χ1) is 11.3. The molecule has 130 valence electrons. The van der Waals surface area contributed by atoms with Crippen LogP contribution in [0.15, 0.2) is 64.4 Å². The SMILES string of the molecule is CCN(CCS(=O)(=O)c1ccc(C)cc1)S(=O)(=O)c1ccccc1. The monoisotopic (exact) mass is 367 g/mol. The quantitative estimate of drug-likeness (QED) is 0.754. The summed E-state index contributed by atoms with van der Waals surface area (Å²) < 4.78 is 51.2. The van der Waals surface area contributed by atoms with E-state index < -0.39 is 19.9 Å². The van der Waals surface area contributed by atoms with Crippen LogP contribution in [-0.4, -0.2) is 40.0 Å². The molecule has 0 aliphatic rings. The van der Waals surface area contributed by atoms with Gasteiger partial charge in [-0.25, -0.2) is 16.8 Å². The molecule has 0 spiro atoms. The summed E-state index contributed by atoms with van der Waals surface area (Å²) in [6, 6.07) is 14.6. The lowest BCUT2D eigenvalue weighted by atomic mass is 10.2. The van der Waals surface area contributed by atoms with Gasteiger partial charge in [0.2, 0.25) is 10.0 Å². The zero-order valence-electron chi connectivity index (χ0n) is 13.7. The fraction of sp³-hybridized carbons (Fsp3) is 0.294. The molecular formula is C17H21NO4S2. The highest BCUT2D eigenvalue weighted by atomic mass is 32.2. The lowest BCUT2D eigenvalue weighted by molar-refractivity contribution is 0.444. The van der Waals surface area contributed by atoms with Gasteiger partial charge in [-0.3, -0.25) is 0 Å². The molecule has 0 heterocycles. The van der Waals surface area contributed by atoms with E-state index in [9.17, 15) is 16.8 Å².